The minimum absolute atomic E-state index is 0.195. The topological polar surface area (TPSA) is 29.5 Å². The highest BCUT2D eigenvalue weighted by Crippen LogP contribution is 2.25. The second kappa shape index (κ2) is 8.20. The number of halogens is 1. The lowest BCUT2D eigenvalue weighted by atomic mass is 10.2. The van der Waals surface area contributed by atoms with Gasteiger partial charge in [0, 0.05) is 29.1 Å². The molecule has 0 bridgehead atoms. The number of nitrogens with zero attached hydrogens (tertiary/aromatic N) is 1. The largest absolute Gasteiger partial charge is 0.376 e. The van der Waals surface area contributed by atoms with Gasteiger partial charge in [-0.25, -0.2) is 0 Å². The monoisotopic (exact) mass is 371 g/mol. The molecule has 1 aliphatic heterocycles. The Morgan fingerprint density at radius 2 is 2.33 bits per heavy atom. The molecule has 1 amide bonds. The standard InChI is InChI=1S/C16H22BrNO2S/c1-3-18(10-14-5-4-8-20-14)16(19)11-21-15-7-6-13(17)9-12(15)2/h6-7,9,14H,3-5,8,10-11H2,1-2H3. The van der Waals surface area contributed by atoms with Crippen LogP contribution in [0.15, 0.2) is 27.6 Å². The van der Waals surface area contributed by atoms with Crippen molar-refractivity contribution in [3.8, 4) is 0 Å². The minimum atomic E-state index is 0.195. The van der Waals surface area contributed by atoms with Gasteiger partial charge in [0.05, 0.1) is 11.9 Å². The third-order valence-corrected chi connectivity index (χ3v) is 5.32. The number of ether oxygens (including phenoxy) is 1. The summed E-state index contributed by atoms with van der Waals surface area (Å²) in [6, 6.07) is 6.16. The van der Waals surface area contributed by atoms with Crippen LogP contribution >= 0.6 is 27.7 Å². The molecule has 0 aliphatic carbocycles. The maximum absolute atomic E-state index is 12.4. The van der Waals surface area contributed by atoms with Crippen molar-refractivity contribution in [3.05, 3.63) is 28.2 Å². The Morgan fingerprint density at radius 3 is 2.95 bits per heavy atom. The molecule has 21 heavy (non-hydrogen) atoms. The highest BCUT2D eigenvalue weighted by Gasteiger charge is 2.21. The number of rotatable bonds is 6. The van der Waals surface area contributed by atoms with Crippen LogP contribution < -0.4 is 0 Å². The van der Waals surface area contributed by atoms with E-state index in [1.807, 2.05) is 17.9 Å². The Balaban J connectivity index is 1.86. The SMILES string of the molecule is CCN(CC1CCCO1)C(=O)CSc1ccc(Br)cc1C. The van der Waals surface area contributed by atoms with Crippen molar-refractivity contribution in [3.63, 3.8) is 0 Å². The van der Waals surface area contributed by atoms with Gasteiger partial charge in [0.25, 0.3) is 0 Å². The average molecular weight is 372 g/mol. The van der Waals surface area contributed by atoms with Crippen LogP contribution in [0.4, 0.5) is 0 Å². The number of carbonyl (C=O) groups is 1. The van der Waals surface area contributed by atoms with Crippen molar-refractivity contribution in [2.75, 3.05) is 25.4 Å². The zero-order valence-corrected chi connectivity index (χ0v) is 15.0. The first kappa shape index (κ1) is 16.8. The van der Waals surface area contributed by atoms with Crippen LogP contribution in [0, 0.1) is 6.92 Å². The fourth-order valence-electron chi connectivity index (χ4n) is 2.45. The molecule has 0 spiro atoms. The van der Waals surface area contributed by atoms with E-state index in [2.05, 4.69) is 35.0 Å². The van der Waals surface area contributed by atoms with Crippen LogP contribution in [0.3, 0.4) is 0 Å². The summed E-state index contributed by atoms with van der Waals surface area (Å²) in [6.45, 7) is 6.42. The van der Waals surface area contributed by atoms with Gasteiger partial charge in [-0.3, -0.25) is 4.79 Å². The Labute approximate surface area is 139 Å². The van der Waals surface area contributed by atoms with Gasteiger partial charge in [-0.1, -0.05) is 15.9 Å². The Morgan fingerprint density at radius 1 is 1.52 bits per heavy atom. The van der Waals surface area contributed by atoms with E-state index in [9.17, 15) is 4.79 Å². The molecule has 5 heteroatoms. The van der Waals surface area contributed by atoms with Crippen LogP contribution in [-0.2, 0) is 9.53 Å². The van der Waals surface area contributed by atoms with Crippen LogP contribution in [0.2, 0.25) is 0 Å². The van der Waals surface area contributed by atoms with Gasteiger partial charge in [-0.2, -0.15) is 0 Å². The predicted octanol–water partition coefficient (Wildman–Crippen LogP) is 3.88. The molecule has 1 aromatic rings. The van der Waals surface area contributed by atoms with Gasteiger partial charge >= 0.3 is 0 Å². The summed E-state index contributed by atoms with van der Waals surface area (Å²) in [6.07, 6.45) is 2.42. The van der Waals surface area contributed by atoms with Crippen molar-refractivity contribution in [1.82, 2.24) is 4.90 Å². The number of carbonyl (C=O) groups excluding carboxylic acids is 1. The molecule has 1 saturated heterocycles. The lowest BCUT2D eigenvalue weighted by Crippen LogP contribution is -2.38. The van der Waals surface area contributed by atoms with Crippen molar-refractivity contribution in [1.29, 1.82) is 0 Å². The summed E-state index contributed by atoms with van der Waals surface area (Å²) in [5.41, 5.74) is 1.20. The third-order valence-electron chi connectivity index (χ3n) is 3.67. The van der Waals surface area contributed by atoms with Gasteiger partial charge in [-0.05, 0) is 50.5 Å². The van der Waals surface area contributed by atoms with Crippen LogP contribution in [0.5, 0.6) is 0 Å². The zero-order chi connectivity index (χ0) is 15.2. The van der Waals surface area contributed by atoms with Gasteiger partial charge in [0.15, 0.2) is 0 Å². The van der Waals surface area contributed by atoms with Gasteiger partial charge in [0.1, 0.15) is 0 Å². The van der Waals surface area contributed by atoms with E-state index < -0.39 is 0 Å². The summed E-state index contributed by atoms with van der Waals surface area (Å²) in [5, 5.41) is 0. The molecule has 3 nitrogen and oxygen atoms in total. The first-order valence-corrected chi connectivity index (χ1v) is 9.16. The number of hydrogen-bond acceptors (Lipinski definition) is 3. The minimum Gasteiger partial charge on any atom is -0.376 e. The molecular formula is C16H22BrNO2S. The van der Waals surface area contributed by atoms with Crippen molar-refractivity contribution in [2.24, 2.45) is 0 Å². The normalized spacial score (nSPS) is 18.0. The van der Waals surface area contributed by atoms with E-state index in [1.54, 1.807) is 11.8 Å². The second-order valence-electron chi connectivity index (χ2n) is 5.27. The molecular weight excluding hydrogens is 350 g/mol. The molecule has 0 saturated carbocycles. The van der Waals surface area contributed by atoms with E-state index in [0.717, 1.165) is 37.0 Å². The fourth-order valence-corrected chi connectivity index (χ4v) is 3.83. The Hall–Kier alpha value is -0.520. The molecule has 1 fully saturated rings. The second-order valence-corrected chi connectivity index (χ2v) is 7.20. The Bertz CT molecular complexity index is 489. The highest BCUT2D eigenvalue weighted by molar-refractivity contribution is 9.10. The van der Waals surface area contributed by atoms with E-state index in [4.69, 9.17) is 4.74 Å². The molecule has 0 N–H and O–H groups in total. The zero-order valence-electron chi connectivity index (χ0n) is 12.6. The summed E-state index contributed by atoms with van der Waals surface area (Å²) >= 11 is 5.07. The lowest BCUT2D eigenvalue weighted by molar-refractivity contribution is -0.129. The molecule has 1 heterocycles. The number of benzene rings is 1. The fraction of sp³-hybridized carbons (Fsp3) is 0.562. The molecule has 1 unspecified atom stereocenters. The van der Waals surface area contributed by atoms with Crippen molar-refractivity contribution in [2.45, 2.75) is 37.7 Å². The van der Waals surface area contributed by atoms with E-state index in [1.165, 1.54) is 10.5 Å². The first-order chi connectivity index (χ1) is 10.1. The predicted molar refractivity (Wildman–Crippen MR) is 90.8 cm³/mol. The molecule has 2 rings (SSSR count). The van der Waals surface area contributed by atoms with E-state index in [0.29, 0.717) is 5.75 Å². The average Bonchev–Trinajstić information content (AvgIpc) is 2.96. The summed E-state index contributed by atoms with van der Waals surface area (Å²) < 4.78 is 6.70. The third kappa shape index (κ3) is 5.01. The van der Waals surface area contributed by atoms with Gasteiger partial charge < -0.3 is 9.64 Å². The molecule has 0 aromatic heterocycles. The van der Waals surface area contributed by atoms with Crippen LogP contribution in [0.25, 0.3) is 0 Å². The van der Waals surface area contributed by atoms with E-state index in [-0.39, 0.29) is 12.0 Å². The van der Waals surface area contributed by atoms with Crippen LogP contribution in [-0.4, -0.2) is 42.4 Å². The van der Waals surface area contributed by atoms with Crippen molar-refractivity contribution < 1.29 is 9.53 Å². The quantitative estimate of drug-likeness (QED) is 0.710. The highest BCUT2D eigenvalue weighted by atomic mass is 79.9. The molecule has 0 radical (unpaired) electrons. The molecule has 1 aromatic carbocycles. The molecule has 116 valence electrons. The molecule has 1 aliphatic rings. The maximum atomic E-state index is 12.4. The first-order valence-electron chi connectivity index (χ1n) is 7.38. The van der Waals surface area contributed by atoms with Gasteiger partial charge in [-0.15, -0.1) is 11.8 Å². The maximum Gasteiger partial charge on any atom is 0.233 e. The lowest BCUT2D eigenvalue weighted by Gasteiger charge is -2.24. The van der Waals surface area contributed by atoms with Crippen molar-refractivity contribution >= 4 is 33.6 Å². The Kier molecular flexibility index (Phi) is 6.58. The number of thioether (sulfide) groups is 1. The van der Waals surface area contributed by atoms with Gasteiger partial charge in [0.2, 0.25) is 5.91 Å². The summed E-state index contributed by atoms with van der Waals surface area (Å²) in [7, 11) is 0. The number of amides is 1. The van der Waals surface area contributed by atoms with Crippen LogP contribution in [0.1, 0.15) is 25.3 Å². The number of likely N-dealkylation sites (N-methyl/N-ethyl adjacent to an activating group) is 1. The smallest absolute Gasteiger partial charge is 0.233 e. The van der Waals surface area contributed by atoms with E-state index >= 15 is 0 Å². The number of aryl methyl sites for hydroxylation is 1. The summed E-state index contributed by atoms with van der Waals surface area (Å²) in [5.74, 6) is 0.684. The molecule has 1 atom stereocenters. The number of hydrogen-bond donors (Lipinski definition) is 0. The summed E-state index contributed by atoms with van der Waals surface area (Å²) in [4.78, 5) is 15.4.